The molecular formula is C9H17NO3. The summed E-state index contributed by atoms with van der Waals surface area (Å²) >= 11 is 0. The molecule has 0 saturated heterocycles. The van der Waals surface area contributed by atoms with Gasteiger partial charge in [-0.1, -0.05) is 13.0 Å². The number of nitrogens with zero attached hydrogens (tertiary/aromatic N) is 1. The summed E-state index contributed by atoms with van der Waals surface area (Å²) in [5.41, 5.74) is 0. The molecule has 0 aromatic heterocycles. The molecule has 0 spiro atoms. The third kappa shape index (κ3) is 7.49. The summed E-state index contributed by atoms with van der Waals surface area (Å²) in [4.78, 5) is 12.3. The maximum absolute atomic E-state index is 10.2. The van der Waals surface area contributed by atoms with Crippen LogP contribution in [0.4, 0.5) is 0 Å². The van der Waals surface area contributed by atoms with Crippen LogP contribution < -0.4 is 0 Å². The second-order valence-corrected chi connectivity index (χ2v) is 2.63. The van der Waals surface area contributed by atoms with Gasteiger partial charge >= 0.3 is 5.97 Å². The maximum atomic E-state index is 10.2. The van der Waals surface area contributed by atoms with Gasteiger partial charge in [-0.15, -0.1) is 0 Å². The minimum Gasteiger partial charge on any atom is -0.478 e. The fourth-order valence-electron chi connectivity index (χ4n) is 0.901. The Hall–Kier alpha value is -0.870. The van der Waals surface area contributed by atoms with Crippen LogP contribution in [0.15, 0.2) is 12.2 Å². The molecule has 76 valence electrons. The van der Waals surface area contributed by atoms with Crippen molar-refractivity contribution in [2.24, 2.45) is 0 Å². The Morgan fingerprint density at radius 2 is 2.31 bits per heavy atom. The molecular weight excluding hydrogens is 170 g/mol. The highest BCUT2D eigenvalue weighted by atomic mass is 16.5. The number of ether oxygens (including phenoxy) is 1. The lowest BCUT2D eigenvalue weighted by atomic mass is 10.4. The van der Waals surface area contributed by atoms with E-state index in [-0.39, 0.29) is 0 Å². The highest BCUT2D eigenvalue weighted by molar-refractivity contribution is 5.79. The molecule has 0 fully saturated rings. The average Bonchev–Trinajstić information content (AvgIpc) is 2.10. The van der Waals surface area contributed by atoms with E-state index in [9.17, 15) is 4.79 Å². The predicted octanol–water partition coefficient (Wildman–Crippen LogP) is 0.596. The van der Waals surface area contributed by atoms with Gasteiger partial charge in [-0.25, -0.2) is 4.79 Å². The first kappa shape index (κ1) is 12.1. The summed E-state index contributed by atoms with van der Waals surface area (Å²) < 4.78 is 4.92. The normalized spacial score (nSPS) is 11.3. The summed E-state index contributed by atoms with van der Waals surface area (Å²) in [6, 6.07) is 0. The standard InChI is InChI=1S/C9H17NO3/c1-3-10(7-8-13-2)6-4-5-9(11)12/h4-5H,3,6-8H2,1-2H3,(H,11,12)/b5-4+. The first-order valence-electron chi connectivity index (χ1n) is 4.31. The van der Waals surface area contributed by atoms with Crippen LogP contribution in [-0.4, -0.2) is 49.3 Å². The molecule has 0 atom stereocenters. The molecule has 4 heteroatoms. The average molecular weight is 187 g/mol. The third-order valence-electron chi connectivity index (χ3n) is 1.68. The number of carbonyl (C=O) groups is 1. The maximum Gasteiger partial charge on any atom is 0.328 e. The van der Waals surface area contributed by atoms with Crippen LogP contribution in [0.5, 0.6) is 0 Å². The van der Waals surface area contributed by atoms with Gasteiger partial charge in [0.25, 0.3) is 0 Å². The number of carboxylic acids is 1. The number of hydrogen-bond donors (Lipinski definition) is 1. The van der Waals surface area contributed by atoms with Gasteiger partial charge in [-0.3, -0.25) is 4.90 Å². The molecule has 0 rings (SSSR count). The topological polar surface area (TPSA) is 49.8 Å². The Kier molecular flexibility index (Phi) is 7.24. The number of aliphatic carboxylic acids is 1. The predicted molar refractivity (Wildman–Crippen MR) is 50.8 cm³/mol. The second kappa shape index (κ2) is 7.76. The van der Waals surface area contributed by atoms with Crippen LogP contribution in [0, 0.1) is 0 Å². The molecule has 13 heavy (non-hydrogen) atoms. The van der Waals surface area contributed by atoms with Crippen molar-refractivity contribution in [3.05, 3.63) is 12.2 Å². The SMILES string of the molecule is CCN(C/C=C/C(=O)O)CCOC. The van der Waals surface area contributed by atoms with Crippen LogP contribution in [0.2, 0.25) is 0 Å². The van der Waals surface area contributed by atoms with Gasteiger partial charge in [0.1, 0.15) is 0 Å². The van der Waals surface area contributed by atoms with Crippen LogP contribution in [0.1, 0.15) is 6.92 Å². The first-order chi connectivity index (χ1) is 6.20. The Balaban J connectivity index is 3.64. The Morgan fingerprint density at radius 3 is 2.77 bits per heavy atom. The van der Waals surface area contributed by atoms with E-state index in [1.807, 2.05) is 6.92 Å². The summed E-state index contributed by atoms with van der Waals surface area (Å²) in [5.74, 6) is -0.900. The molecule has 0 aliphatic heterocycles. The zero-order valence-corrected chi connectivity index (χ0v) is 8.19. The van der Waals surface area contributed by atoms with E-state index >= 15 is 0 Å². The largest absolute Gasteiger partial charge is 0.478 e. The highest BCUT2D eigenvalue weighted by Crippen LogP contribution is 1.88. The smallest absolute Gasteiger partial charge is 0.328 e. The van der Waals surface area contributed by atoms with Crippen molar-refractivity contribution >= 4 is 5.97 Å². The molecule has 0 amide bonds. The van der Waals surface area contributed by atoms with Gasteiger partial charge in [-0.05, 0) is 6.54 Å². The van der Waals surface area contributed by atoms with Crippen molar-refractivity contribution in [1.29, 1.82) is 0 Å². The first-order valence-corrected chi connectivity index (χ1v) is 4.31. The molecule has 1 N–H and O–H groups in total. The summed E-state index contributed by atoms with van der Waals surface area (Å²) in [6.45, 7) is 5.09. The van der Waals surface area contributed by atoms with Crippen molar-refractivity contribution < 1.29 is 14.6 Å². The summed E-state index contributed by atoms with van der Waals surface area (Å²) in [6.07, 6.45) is 2.80. The number of methoxy groups -OCH3 is 1. The van der Waals surface area contributed by atoms with E-state index in [1.54, 1.807) is 13.2 Å². The van der Waals surface area contributed by atoms with Gasteiger partial charge in [0, 0.05) is 26.3 Å². The zero-order chi connectivity index (χ0) is 10.1. The number of rotatable bonds is 7. The van der Waals surface area contributed by atoms with Crippen molar-refractivity contribution in [2.45, 2.75) is 6.92 Å². The molecule has 0 heterocycles. The second-order valence-electron chi connectivity index (χ2n) is 2.63. The Labute approximate surface area is 78.8 Å². The van der Waals surface area contributed by atoms with Crippen LogP contribution in [0.25, 0.3) is 0 Å². The Morgan fingerprint density at radius 1 is 1.62 bits per heavy atom. The molecule has 0 aliphatic rings. The van der Waals surface area contributed by atoms with E-state index in [1.165, 1.54) is 0 Å². The van der Waals surface area contributed by atoms with E-state index in [0.29, 0.717) is 13.2 Å². The van der Waals surface area contributed by atoms with Crippen LogP contribution in [0.3, 0.4) is 0 Å². The van der Waals surface area contributed by atoms with Crippen molar-refractivity contribution in [3.8, 4) is 0 Å². The number of hydrogen-bond acceptors (Lipinski definition) is 3. The van der Waals surface area contributed by atoms with Gasteiger partial charge < -0.3 is 9.84 Å². The molecule has 0 bridgehead atoms. The lowest BCUT2D eigenvalue weighted by molar-refractivity contribution is -0.131. The van der Waals surface area contributed by atoms with E-state index in [4.69, 9.17) is 9.84 Å². The fraction of sp³-hybridized carbons (Fsp3) is 0.667. The van der Waals surface area contributed by atoms with Gasteiger partial charge in [0.2, 0.25) is 0 Å². The van der Waals surface area contributed by atoms with Crippen LogP contribution in [-0.2, 0) is 9.53 Å². The molecule has 0 aromatic rings. The Bertz CT molecular complexity index is 168. The molecule has 0 unspecified atom stereocenters. The number of likely N-dealkylation sites (N-methyl/N-ethyl adjacent to an activating group) is 1. The third-order valence-corrected chi connectivity index (χ3v) is 1.68. The molecule has 0 aromatic carbocycles. The molecule has 0 saturated carbocycles. The number of carboxylic acid groups (broad SMARTS) is 1. The van der Waals surface area contributed by atoms with Gasteiger partial charge in [0.05, 0.1) is 6.61 Å². The van der Waals surface area contributed by atoms with Crippen molar-refractivity contribution in [1.82, 2.24) is 4.90 Å². The summed E-state index contributed by atoms with van der Waals surface area (Å²) in [7, 11) is 1.65. The highest BCUT2D eigenvalue weighted by Gasteiger charge is 1.98. The van der Waals surface area contributed by atoms with E-state index in [2.05, 4.69) is 4.90 Å². The van der Waals surface area contributed by atoms with Gasteiger partial charge in [0.15, 0.2) is 0 Å². The molecule has 0 radical (unpaired) electrons. The minimum atomic E-state index is -0.900. The zero-order valence-electron chi connectivity index (χ0n) is 8.19. The lowest BCUT2D eigenvalue weighted by Gasteiger charge is -2.17. The van der Waals surface area contributed by atoms with Crippen molar-refractivity contribution in [3.63, 3.8) is 0 Å². The monoisotopic (exact) mass is 187 g/mol. The molecule has 0 aliphatic carbocycles. The summed E-state index contributed by atoms with van der Waals surface area (Å²) in [5, 5.41) is 8.35. The van der Waals surface area contributed by atoms with E-state index < -0.39 is 5.97 Å². The van der Waals surface area contributed by atoms with Crippen LogP contribution >= 0.6 is 0 Å². The van der Waals surface area contributed by atoms with Gasteiger partial charge in [-0.2, -0.15) is 0 Å². The van der Waals surface area contributed by atoms with Crippen molar-refractivity contribution in [2.75, 3.05) is 33.4 Å². The lowest BCUT2D eigenvalue weighted by Crippen LogP contribution is -2.27. The van der Waals surface area contributed by atoms with E-state index in [0.717, 1.165) is 19.2 Å². The minimum absolute atomic E-state index is 0.659. The quantitative estimate of drug-likeness (QED) is 0.593. The molecule has 4 nitrogen and oxygen atoms in total. The fourth-order valence-corrected chi connectivity index (χ4v) is 0.901.